The lowest BCUT2D eigenvalue weighted by molar-refractivity contribution is -0.120. The molecular weight excluding hydrogens is 244 g/mol. The normalized spacial score (nSPS) is 17.7. The molecule has 1 unspecified atom stereocenters. The van der Waals surface area contributed by atoms with E-state index in [9.17, 15) is 9.59 Å². The molecule has 1 aromatic rings. The fourth-order valence-electron chi connectivity index (χ4n) is 2.52. The molecule has 1 aromatic carbocycles. The zero-order valence-electron chi connectivity index (χ0n) is 11.3. The first-order valence-electron chi connectivity index (χ1n) is 6.23. The van der Waals surface area contributed by atoms with Crippen molar-refractivity contribution in [1.82, 2.24) is 5.32 Å². The SMILES string of the molecule is CC(NC(=O)O)C(=O)N1CC(C)(C)c2ccccc21. The minimum absolute atomic E-state index is 0.116. The van der Waals surface area contributed by atoms with Gasteiger partial charge < -0.3 is 15.3 Å². The van der Waals surface area contributed by atoms with E-state index in [0.29, 0.717) is 6.54 Å². The maximum Gasteiger partial charge on any atom is 0.405 e. The van der Waals surface area contributed by atoms with Crippen LogP contribution in [0.1, 0.15) is 26.3 Å². The molecule has 1 aliphatic heterocycles. The molecule has 0 aliphatic carbocycles. The van der Waals surface area contributed by atoms with Gasteiger partial charge in [0.1, 0.15) is 6.04 Å². The van der Waals surface area contributed by atoms with Crippen molar-refractivity contribution in [2.45, 2.75) is 32.2 Å². The van der Waals surface area contributed by atoms with Gasteiger partial charge in [0.25, 0.3) is 0 Å². The Hall–Kier alpha value is -2.04. The largest absolute Gasteiger partial charge is 0.465 e. The Bertz CT molecular complexity index is 525. The van der Waals surface area contributed by atoms with E-state index in [0.717, 1.165) is 11.3 Å². The van der Waals surface area contributed by atoms with E-state index < -0.39 is 12.1 Å². The molecule has 2 rings (SSSR count). The standard InChI is InChI=1S/C14H18N2O3/c1-9(15-13(18)19)12(17)16-8-14(2,3)10-6-4-5-7-11(10)16/h4-7,9,15H,8H2,1-3H3,(H,18,19). The Balaban J connectivity index is 2.28. The molecule has 1 heterocycles. The van der Waals surface area contributed by atoms with Crippen LogP contribution in [0.2, 0.25) is 0 Å². The fraction of sp³-hybridized carbons (Fsp3) is 0.429. The van der Waals surface area contributed by atoms with Crippen molar-refractivity contribution in [3.8, 4) is 0 Å². The van der Waals surface area contributed by atoms with E-state index in [1.54, 1.807) is 11.8 Å². The first-order chi connectivity index (χ1) is 8.83. The summed E-state index contributed by atoms with van der Waals surface area (Å²) in [5.41, 5.74) is 1.87. The van der Waals surface area contributed by atoms with Crippen molar-refractivity contribution < 1.29 is 14.7 Å². The number of carbonyl (C=O) groups is 2. The van der Waals surface area contributed by atoms with Gasteiger partial charge >= 0.3 is 6.09 Å². The molecule has 19 heavy (non-hydrogen) atoms. The number of amides is 2. The Morgan fingerprint density at radius 2 is 2.00 bits per heavy atom. The van der Waals surface area contributed by atoms with E-state index in [1.165, 1.54) is 0 Å². The van der Waals surface area contributed by atoms with Gasteiger partial charge in [-0.15, -0.1) is 0 Å². The van der Waals surface area contributed by atoms with Crippen LogP contribution in [0.4, 0.5) is 10.5 Å². The summed E-state index contributed by atoms with van der Waals surface area (Å²) in [4.78, 5) is 24.6. The van der Waals surface area contributed by atoms with Gasteiger partial charge in [-0.1, -0.05) is 32.0 Å². The minimum Gasteiger partial charge on any atom is -0.465 e. The summed E-state index contributed by atoms with van der Waals surface area (Å²) in [6, 6.07) is 7.00. The Kier molecular flexibility index (Phi) is 3.22. The highest BCUT2D eigenvalue weighted by molar-refractivity contribution is 6.00. The highest BCUT2D eigenvalue weighted by Crippen LogP contribution is 2.40. The monoisotopic (exact) mass is 262 g/mol. The second-order valence-corrected chi connectivity index (χ2v) is 5.50. The number of nitrogens with zero attached hydrogens (tertiary/aromatic N) is 1. The molecule has 0 saturated heterocycles. The van der Waals surface area contributed by atoms with E-state index in [1.807, 2.05) is 24.3 Å². The maximum absolute atomic E-state index is 12.3. The molecule has 0 spiro atoms. The number of rotatable bonds is 2. The van der Waals surface area contributed by atoms with E-state index >= 15 is 0 Å². The molecule has 5 heteroatoms. The van der Waals surface area contributed by atoms with Crippen molar-refractivity contribution in [3.63, 3.8) is 0 Å². The number of hydrogen-bond acceptors (Lipinski definition) is 2. The zero-order chi connectivity index (χ0) is 14.2. The van der Waals surface area contributed by atoms with Crippen LogP contribution in [0.15, 0.2) is 24.3 Å². The average Bonchev–Trinajstić information content (AvgIpc) is 2.60. The van der Waals surface area contributed by atoms with Gasteiger partial charge in [-0.25, -0.2) is 4.79 Å². The van der Waals surface area contributed by atoms with Crippen LogP contribution < -0.4 is 10.2 Å². The predicted octanol–water partition coefficient (Wildman–Crippen LogP) is 1.97. The van der Waals surface area contributed by atoms with Gasteiger partial charge in [0.15, 0.2) is 0 Å². The summed E-state index contributed by atoms with van der Waals surface area (Å²) < 4.78 is 0. The Morgan fingerprint density at radius 1 is 1.37 bits per heavy atom. The number of para-hydroxylation sites is 1. The highest BCUT2D eigenvalue weighted by atomic mass is 16.4. The predicted molar refractivity (Wildman–Crippen MR) is 72.4 cm³/mol. The number of nitrogens with one attached hydrogen (secondary N) is 1. The van der Waals surface area contributed by atoms with Crippen LogP contribution in [-0.4, -0.2) is 29.7 Å². The van der Waals surface area contributed by atoms with Crippen LogP contribution >= 0.6 is 0 Å². The van der Waals surface area contributed by atoms with E-state index in [2.05, 4.69) is 19.2 Å². The summed E-state index contributed by atoms with van der Waals surface area (Å²) in [7, 11) is 0. The summed E-state index contributed by atoms with van der Waals surface area (Å²) in [6.07, 6.45) is -1.19. The molecule has 2 N–H and O–H groups in total. The first kappa shape index (κ1) is 13.4. The first-order valence-corrected chi connectivity index (χ1v) is 6.23. The quantitative estimate of drug-likeness (QED) is 0.856. The summed E-state index contributed by atoms with van der Waals surface area (Å²) in [5, 5.41) is 10.9. The third-order valence-corrected chi connectivity index (χ3v) is 3.45. The minimum atomic E-state index is -1.19. The summed E-state index contributed by atoms with van der Waals surface area (Å²) in [5.74, 6) is -0.222. The van der Waals surface area contributed by atoms with Crippen LogP contribution in [0, 0.1) is 0 Å². The maximum atomic E-state index is 12.3. The van der Waals surface area contributed by atoms with Crippen LogP contribution in [0.25, 0.3) is 0 Å². The molecule has 1 atom stereocenters. The topological polar surface area (TPSA) is 69.6 Å². The fourth-order valence-corrected chi connectivity index (χ4v) is 2.52. The molecule has 0 aromatic heterocycles. The number of hydrogen-bond donors (Lipinski definition) is 2. The van der Waals surface area contributed by atoms with Crippen molar-refractivity contribution >= 4 is 17.7 Å². The summed E-state index contributed by atoms with van der Waals surface area (Å²) >= 11 is 0. The molecule has 2 amide bonds. The molecule has 0 fully saturated rings. The van der Waals surface area contributed by atoms with Gasteiger partial charge in [-0.3, -0.25) is 4.79 Å². The van der Waals surface area contributed by atoms with Crippen molar-refractivity contribution in [2.24, 2.45) is 0 Å². The average molecular weight is 262 g/mol. The van der Waals surface area contributed by atoms with Gasteiger partial charge in [0.2, 0.25) is 5.91 Å². The number of carbonyl (C=O) groups excluding carboxylic acids is 1. The lowest BCUT2D eigenvalue weighted by Crippen LogP contribution is -2.47. The molecule has 0 radical (unpaired) electrons. The van der Waals surface area contributed by atoms with Gasteiger partial charge in [-0.2, -0.15) is 0 Å². The second kappa shape index (κ2) is 4.57. The highest BCUT2D eigenvalue weighted by Gasteiger charge is 2.38. The summed E-state index contributed by atoms with van der Waals surface area (Å²) in [6.45, 7) is 6.28. The molecule has 0 saturated carbocycles. The van der Waals surface area contributed by atoms with Crippen molar-refractivity contribution in [2.75, 3.05) is 11.4 Å². The zero-order valence-corrected chi connectivity index (χ0v) is 11.3. The molecule has 1 aliphatic rings. The number of benzene rings is 1. The number of carboxylic acid groups (broad SMARTS) is 1. The smallest absolute Gasteiger partial charge is 0.405 e. The van der Waals surface area contributed by atoms with E-state index in [4.69, 9.17) is 5.11 Å². The lowest BCUT2D eigenvalue weighted by atomic mass is 9.87. The number of anilines is 1. The number of fused-ring (bicyclic) bond motifs is 1. The van der Waals surface area contributed by atoms with Crippen LogP contribution in [0.3, 0.4) is 0 Å². The Morgan fingerprint density at radius 3 is 2.63 bits per heavy atom. The molecule has 0 bridgehead atoms. The van der Waals surface area contributed by atoms with Gasteiger partial charge in [0, 0.05) is 17.6 Å². The van der Waals surface area contributed by atoms with Crippen molar-refractivity contribution in [3.05, 3.63) is 29.8 Å². The third-order valence-electron chi connectivity index (χ3n) is 3.45. The van der Waals surface area contributed by atoms with Crippen LogP contribution in [-0.2, 0) is 10.2 Å². The Labute approximate surface area is 112 Å². The molecule has 5 nitrogen and oxygen atoms in total. The lowest BCUT2D eigenvalue weighted by Gasteiger charge is -2.23. The van der Waals surface area contributed by atoms with Crippen LogP contribution in [0.5, 0.6) is 0 Å². The van der Waals surface area contributed by atoms with Gasteiger partial charge in [0.05, 0.1) is 0 Å². The molecular formula is C14H18N2O3. The van der Waals surface area contributed by atoms with E-state index in [-0.39, 0.29) is 11.3 Å². The van der Waals surface area contributed by atoms with Crippen molar-refractivity contribution in [1.29, 1.82) is 0 Å². The molecule has 102 valence electrons. The third kappa shape index (κ3) is 2.41. The van der Waals surface area contributed by atoms with Gasteiger partial charge in [-0.05, 0) is 18.6 Å². The second-order valence-electron chi connectivity index (χ2n) is 5.50.